The highest BCUT2D eigenvalue weighted by Crippen LogP contribution is 2.38. The Balaban J connectivity index is 2.22. The molecule has 0 aromatic heterocycles. The highest BCUT2D eigenvalue weighted by Gasteiger charge is 2.35. The lowest BCUT2D eigenvalue weighted by Gasteiger charge is -2.28. The summed E-state index contributed by atoms with van der Waals surface area (Å²) in [7, 11) is 5.86. The van der Waals surface area contributed by atoms with Crippen molar-refractivity contribution in [2.75, 3.05) is 33.8 Å². The van der Waals surface area contributed by atoms with Crippen LogP contribution in [0.2, 0.25) is 0 Å². The van der Waals surface area contributed by atoms with Crippen LogP contribution in [0.4, 0.5) is 5.69 Å². The van der Waals surface area contributed by atoms with Crippen LogP contribution in [0.5, 0.6) is 23.0 Å². The second kappa shape index (κ2) is 11.5. The van der Waals surface area contributed by atoms with Gasteiger partial charge in [-0.1, -0.05) is 46.9 Å². The van der Waals surface area contributed by atoms with Gasteiger partial charge in [0.2, 0.25) is 9.54 Å². The quantitative estimate of drug-likeness (QED) is 0.271. The molecule has 0 saturated heterocycles. The van der Waals surface area contributed by atoms with Gasteiger partial charge in [0.05, 0.1) is 34.1 Å². The third kappa shape index (κ3) is 6.59. The van der Waals surface area contributed by atoms with Gasteiger partial charge < -0.3 is 34.9 Å². The molecule has 1 amide bonds. The molecule has 12 heteroatoms. The summed E-state index contributed by atoms with van der Waals surface area (Å²) in [6, 6.07) is 10.1. The number of alkyl halides is 3. The average Bonchev–Trinajstić information content (AvgIpc) is 2.77. The number of hydrogen-bond donors (Lipinski definition) is 3. The Labute approximate surface area is 206 Å². The Morgan fingerprint density at radius 3 is 1.97 bits per heavy atom. The van der Waals surface area contributed by atoms with Crippen LogP contribution >= 0.6 is 47.0 Å². The molecule has 0 unspecified atom stereocenters. The van der Waals surface area contributed by atoms with Gasteiger partial charge in [0, 0.05) is 5.56 Å². The minimum absolute atomic E-state index is 0.0935. The molecule has 3 N–H and O–H groups in total. The molecule has 2 rings (SSSR count). The number of para-hydroxylation sites is 2. The molecule has 0 aliphatic heterocycles. The molecule has 1 atom stereocenters. The Bertz CT molecular complexity index is 947. The summed E-state index contributed by atoms with van der Waals surface area (Å²) in [4.78, 5) is 12.9. The number of carbonyl (C=O) groups is 1. The summed E-state index contributed by atoms with van der Waals surface area (Å²) in [5, 5.41) is 8.42. The first kappa shape index (κ1) is 25.9. The van der Waals surface area contributed by atoms with Gasteiger partial charge in [-0.15, -0.1) is 0 Å². The molecule has 0 fully saturated rings. The Hall–Kier alpha value is -2.33. The van der Waals surface area contributed by atoms with E-state index in [-0.39, 0.29) is 10.7 Å². The predicted molar refractivity (Wildman–Crippen MR) is 130 cm³/mol. The monoisotopic (exact) mass is 521 g/mol. The van der Waals surface area contributed by atoms with E-state index >= 15 is 0 Å². The van der Waals surface area contributed by atoms with E-state index in [0.717, 1.165) is 0 Å². The lowest BCUT2D eigenvalue weighted by atomic mass is 10.1. The SMILES string of the molecule is COc1ccccc1NC(=S)N[C@H](NC(=O)c1cc(OC)c(OC)c(OC)c1)C(Cl)(Cl)Cl. The van der Waals surface area contributed by atoms with Crippen LogP contribution in [0.15, 0.2) is 36.4 Å². The second-order valence-corrected chi connectivity index (χ2v) is 8.94. The number of hydrogen-bond acceptors (Lipinski definition) is 6. The van der Waals surface area contributed by atoms with Gasteiger partial charge in [0.25, 0.3) is 5.91 Å². The van der Waals surface area contributed by atoms with Gasteiger partial charge in [-0.2, -0.15) is 0 Å². The van der Waals surface area contributed by atoms with Crippen molar-refractivity contribution in [3.8, 4) is 23.0 Å². The van der Waals surface area contributed by atoms with E-state index < -0.39 is 15.9 Å². The van der Waals surface area contributed by atoms with E-state index in [4.69, 9.17) is 66.0 Å². The topological polar surface area (TPSA) is 90.1 Å². The van der Waals surface area contributed by atoms with Gasteiger partial charge in [-0.3, -0.25) is 4.79 Å². The first-order valence-electron chi connectivity index (χ1n) is 9.02. The summed E-state index contributed by atoms with van der Waals surface area (Å²) in [6.07, 6.45) is -1.19. The zero-order valence-corrected chi connectivity index (χ0v) is 20.7. The van der Waals surface area contributed by atoms with Crippen molar-refractivity contribution in [1.82, 2.24) is 10.6 Å². The summed E-state index contributed by atoms with van der Waals surface area (Å²) in [6.45, 7) is 0. The Kier molecular flexibility index (Phi) is 9.33. The van der Waals surface area contributed by atoms with Crippen molar-refractivity contribution < 1.29 is 23.7 Å². The fourth-order valence-corrected chi connectivity index (χ4v) is 3.22. The number of amides is 1. The Morgan fingerprint density at radius 2 is 1.47 bits per heavy atom. The third-order valence-electron chi connectivity index (χ3n) is 4.16. The van der Waals surface area contributed by atoms with Gasteiger partial charge >= 0.3 is 0 Å². The van der Waals surface area contributed by atoms with Crippen molar-refractivity contribution in [2.45, 2.75) is 9.96 Å². The van der Waals surface area contributed by atoms with Gasteiger partial charge in [-0.25, -0.2) is 0 Å². The number of halogens is 3. The molecule has 0 saturated carbocycles. The van der Waals surface area contributed by atoms with Crippen LogP contribution in [0.3, 0.4) is 0 Å². The summed E-state index contributed by atoms with van der Waals surface area (Å²) >= 11 is 23.5. The minimum Gasteiger partial charge on any atom is -0.495 e. The predicted octanol–water partition coefficient (Wildman–Crippen LogP) is 4.13. The first-order valence-corrected chi connectivity index (χ1v) is 10.6. The van der Waals surface area contributed by atoms with E-state index in [1.54, 1.807) is 18.2 Å². The highest BCUT2D eigenvalue weighted by molar-refractivity contribution is 7.80. The molecular formula is C20H22Cl3N3O5S. The zero-order chi connectivity index (χ0) is 23.9. The first-order chi connectivity index (χ1) is 15.1. The molecule has 2 aromatic carbocycles. The van der Waals surface area contributed by atoms with E-state index in [0.29, 0.717) is 28.7 Å². The lowest BCUT2D eigenvalue weighted by Crippen LogP contribution is -2.56. The van der Waals surface area contributed by atoms with Gasteiger partial charge in [0.1, 0.15) is 11.9 Å². The second-order valence-electron chi connectivity index (χ2n) is 6.16. The molecule has 0 radical (unpaired) electrons. The normalized spacial score (nSPS) is 11.7. The fourth-order valence-electron chi connectivity index (χ4n) is 2.66. The largest absolute Gasteiger partial charge is 0.495 e. The number of methoxy groups -OCH3 is 4. The van der Waals surface area contributed by atoms with Crippen LogP contribution in [0, 0.1) is 0 Å². The molecule has 0 spiro atoms. The molecule has 8 nitrogen and oxygen atoms in total. The van der Waals surface area contributed by atoms with Crippen molar-refractivity contribution in [3.05, 3.63) is 42.0 Å². The number of thiocarbonyl (C=S) groups is 1. The lowest BCUT2D eigenvalue weighted by molar-refractivity contribution is 0.0933. The number of ether oxygens (including phenoxy) is 4. The zero-order valence-electron chi connectivity index (χ0n) is 17.6. The van der Waals surface area contributed by atoms with Crippen molar-refractivity contribution in [1.29, 1.82) is 0 Å². The summed E-state index contributed by atoms with van der Waals surface area (Å²) in [5.41, 5.74) is 0.774. The average molecular weight is 523 g/mol. The van der Waals surface area contributed by atoms with Crippen molar-refractivity contribution >= 4 is 63.7 Å². The number of rotatable bonds is 8. The van der Waals surface area contributed by atoms with Crippen LogP contribution in [0.1, 0.15) is 10.4 Å². The van der Waals surface area contributed by atoms with Crippen molar-refractivity contribution in [2.24, 2.45) is 0 Å². The van der Waals surface area contributed by atoms with E-state index in [9.17, 15) is 4.79 Å². The summed E-state index contributed by atoms with van der Waals surface area (Å²) < 4.78 is 19.1. The van der Waals surface area contributed by atoms with Crippen LogP contribution in [0.25, 0.3) is 0 Å². The van der Waals surface area contributed by atoms with E-state index in [1.807, 2.05) is 6.07 Å². The fraction of sp³-hybridized carbons (Fsp3) is 0.300. The molecule has 174 valence electrons. The molecule has 0 aliphatic carbocycles. The number of benzene rings is 2. The third-order valence-corrected chi connectivity index (χ3v) is 5.03. The number of carbonyl (C=O) groups excluding carboxylic acids is 1. The number of anilines is 1. The smallest absolute Gasteiger partial charge is 0.253 e. The molecule has 2 aromatic rings. The molecule has 0 heterocycles. The molecule has 32 heavy (non-hydrogen) atoms. The minimum atomic E-state index is -1.94. The standard InChI is InChI=1S/C20H22Cl3N3O5S/c1-28-13-8-6-5-7-12(13)24-19(32)26-18(20(21,22)23)25-17(27)11-9-14(29-2)16(31-4)15(10-11)30-3/h5-10,18H,1-4H3,(H,25,27)(H2,24,26,32)/t18-/m0/s1. The van der Waals surface area contributed by atoms with Gasteiger partial charge in [-0.05, 0) is 36.5 Å². The molecular weight excluding hydrogens is 501 g/mol. The molecule has 0 bridgehead atoms. The maximum absolute atomic E-state index is 12.9. The molecule has 0 aliphatic rings. The van der Waals surface area contributed by atoms with Crippen LogP contribution in [-0.2, 0) is 0 Å². The van der Waals surface area contributed by atoms with E-state index in [2.05, 4.69) is 16.0 Å². The highest BCUT2D eigenvalue weighted by atomic mass is 35.6. The van der Waals surface area contributed by atoms with Crippen LogP contribution < -0.4 is 34.9 Å². The van der Waals surface area contributed by atoms with Crippen LogP contribution in [-0.4, -0.2) is 49.4 Å². The van der Waals surface area contributed by atoms with Crippen molar-refractivity contribution in [3.63, 3.8) is 0 Å². The van der Waals surface area contributed by atoms with E-state index in [1.165, 1.54) is 40.6 Å². The number of nitrogens with one attached hydrogen (secondary N) is 3. The maximum Gasteiger partial charge on any atom is 0.253 e. The van der Waals surface area contributed by atoms with Gasteiger partial charge in [0.15, 0.2) is 16.6 Å². The summed E-state index contributed by atoms with van der Waals surface area (Å²) in [5.74, 6) is 0.911. The maximum atomic E-state index is 12.9. The Morgan fingerprint density at radius 1 is 0.906 bits per heavy atom.